The van der Waals surface area contributed by atoms with Gasteiger partial charge in [-0.1, -0.05) is 30.9 Å². The minimum Gasteiger partial charge on any atom is -0.356 e. The van der Waals surface area contributed by atoms with Crippen molar-refractivity contribution in [2.45, 2.75) is 25.7 Å². The molecule has 0 spiro atoms. The number of carbonyl (C=O) groups excluding carboxylic acids is 1. The third-order valence-corrected chi connectivity index (χ3v) is 4.25. The van der Waals surface area contributed by atoms with E-state index < -0.39 is 0 Å². The summed E-state index contributed by atoms with van der Waals surface area (Å²) in [5.41, 5.74) is 5.06. The largest absolute Gasteiger partial charge is 0.356 e. The fourth-order valence-corrected chi connectivity index (χ4v) is 3.11. The van der Waals surface area contributed by atoms with Crippen molar-refractivity contribution in [1.82, 2.24) is 4.98 Å². The second-order valence-electron chi connectivity index (χ2n) is 5.84. The number of H-pyrrole nitrogens is 1. The average molecular weight is 319 g/mol. The van der Waals surface area contributed by atoms with Crippen molar-refractivity contribution in [3.8, 4) is 0 Å². The van der Waals surface area contributed by atoms with Gasteiger partial charge < -0.3 is 15.7 Å². The number of aromatic amines is 1. The van der Waals surface area contributed by atoms with E-state index in [0.29, 0.717) is 6.42 Å². The zero-order valence-corrected chi connectivity index (χ0v) is 13.6. The van der Waals surface area contributed by atoms with Gasteiger partial charge in [0.15, 0.2) is 5.78 Å². The minimum absolute atomic E-state index is 0.168. The van der Waals surface area contributed by atoms with Crippen LogP contribution in [-0.4, -0.2) is 17.0 Å². The van der Waals surface area contributed by atoms with Gasteiger partial charge in [-0.3, -0.25) is 4.79 Å². The number of para-hydroxylation sites is 1. The standard InChI is InChI=1S/C20H21N3O/c1-2-14(12-13-21)19-20(22-15-8-4-3-5-9-15)18-16(23-19)10-6-7-11-17(18)24/h2-5,8-9,12-13,21-23H,1,6-7,10-11H2/b14-12+,21-13?. The number of hydrogen-bond acceptors (Lipinski definition) is 3. The Morgan fingerprint density at radius 3 is 2.67 bits per heavy atom. The number of rotatable bonds is 5. The highest BCUT2D eigenvalue weighted by molar-refractivity contribution is 6.07. The second-order valence-corrected chi connectivity index (χ2v) is 5.84. The number of allylic oxidation sites excluding steroid dienone is 3. The predicted octanol–water partition coefficient (Wildman–Crippen LogP) is 4.89. The number of anilines is 2. The smallest absolute Gasteiger partial charge is 0.166 e. The zero-order valence-electron chi connectivity index (χ0n) is 13.6. The molecule has 0 radical (unpaired) electrons. The van der Waals surface area contributed by atoms with Crippen molar-refractivity contribution in [2.24, 2.45) is 0 Å². The molecule has 0 saturated heterocycles. The third kappa shape index (κ3) is 3.08. The molecule has 122 valence electrons. The molecule has 0 fully saturated rings. The van der Waals surface area contributed by atoms with Gasteiger partial charge in [0.25, 0.3) is 0 Å². The molecule has 4 nitrogen and oxygen atoms in total. The molecule has 3 N–H and O–H groups in total. The summed E-state index contributed by atoms with van der Waals surface area (Å²) in [6.07, 6.45) is 7.98. The summed E-state index contributed by atoms with van der Waals surface area (Å²) >= 11 is 0. The lowest BCUT2D eigenvalue weighted by Gasteiger charge is -2.11. The van der Waals surface area contributed by atoms with Crippen LogP contribution in [0.1, 0.15) is 41.0 Å². The zero-order chi connectivity index (χ0) is 16.9. The van der Waals surface area contributed by atoms with Gasteiger partial charge in [0.05, 0.1) is 16.9 Å². The Balaban J connectivity index is 2.16. The number of nitrogens with one attached hydrogen (secondary N) is 3. The number of benzene rings is 1. The Morgan fingerprint density at radius 2 is 1.96 bits per heavy atom. The van der Waals surface area contributed by atoms with E-state index in [-0.39, 0.29) is 5.78 Å². The quantitative estimate of drug-likeness (QED) is 0.417. The molecule has 0 amide bonds. The first-order valence-electron chi connectivity index (χ1n) is 8.18. The van der Waals surface area contributed by atoms with Crippen LogP contribution in [0.25, 0.3) is 5.57 Å². The van der Waals surface area contributed by atoms with E-state index in [1.54, 1.807) is 12.2 Å². The first-order chi connectivity index (χ1) is 11.7. The Hall–Kier alpha value is -2.88. The molecule has 1 aromatic heterocycles. The van der Waals surface area contributed by atoms with Crippen molar-refractivity contribution >= 4 is 28.9 Å². The molecule has 1 aliphatic rings. The van der Waals surface area contributed by atoms with Crippen LogP contribution in [-0.2, 0) is 6.42 Å². The minimum atomic E-state index is 0.168. The van der Waals surface area contributed by atoms with Gasteiger partial charge in [-0.2, -0.15) is 0 Å². The fourth-order valence-electron chi connectivity index (χ4n) is 3.11. The topological polar surface area (TPSA) is 68.7 Å². The lowest BCUT2D eigenvalue weighted by Crippen LogP contribution is -2.03. The summed E-state index contributed by atoms with van der Waals surface area (Å²) in [5, 5.41) is 10.8. The number of fused-ring (bicyclic) bond motifs is 1. The molecular formula is C20H21N3O. The number of carbonyl (C=O) groups is 1. The maximum atomic E-state index is 12.6. The molecular weight excluding hydrogens is 298 g/mol. The van der Waals surface area contributed by atoms with Crippen LogP contribution in [0.4, 0.5) is 11.4 Å². The van der Waals surface area contributed by atoms with Crippen LogP contribution in [0, 0.1) is 5.41 Å². The normalized spacial score (nSPS) is 14.7. The number of aromatic nitrogens is 1. The average Bonchev–Trinajstić information content (AvgIpc) is 2.84. The molecule has 1 heterocycles. The summed E-state index contributed by atoms with van der Waals surface area (Å²) in [7, 11) is 0. The highest BCUT2D eigenvalue weighted by Crippen LogP contribution is 2.36. The summed E-state index contributed by atoms with van der Waals surface area (Å²) in [6, 6.07) is 9.81. The van der Waals surface area contributed by atoms with Crippen molar-refractivity contribution in [1.29, 1.82) is 5.41 Å². The van der Waals surface area contributed by atoms with E-state index in [1.807, 2.05) is 30.3 Å². The highest BCUT2D eigenvalue weighted by Gasteiger charge is 2.25. The molecule has 4 heteroatoms. The highest BCUT2D eigenvalue weighted by atomic mass is 16.1. The second kappa shape index (κ2) is 7.13. The molecule has 0 atom stereocenters. The number of hydrogen-bond donors (Lipinski definition) is 3. The van der Waals surface area contributed by atoms with E-state index in [4.69, 9.17) is 5.41 Å². The van der Waals surface area contributed by atoms with Gasteiger partial charge >= 0.3 is 0 Å². The maximum absolute atomic E-state index is 12.6. The number of ketones is 1. The van der Waals surface area contributed by atoms with E-state index in [9.17, 15) is 4.79 Å². The van der Waals surface area contributed by atoms with Crippen LogP contribution in [0.3, 0.4) is 0 Å². The molecule has 24 heavy (non-hydrogen) atoms. The first-order valence-corrected chi connectivity index (χ1v) is 8.18. The van der Waals surface area contributed by atoms with E-state index in [0.717, 1.165) is 53.2 Å². The van der Waals surface area contributed by atoms with Crippen LogP contribution >= 0.6 is 0 Å². The lowest BCUT2D eigenvalue weighted by atomic mass is 10.0. The van der Waals surface area contributed by atoms with Crippen molar-refractivity contribution < 1.29 is 4.79 Å². The first kappa shape index (κ1) is 16.0. The van der Waals surface area contributed by atoms with Gasteiger partial charge in [-0.15, -0.1) is 0 Å². The van der Waals surface area contributed by atoms with Gasteiger partial charge in [-0.05, 0) is 37.5 Å². The van der Waals surface area contributed by atoms with Gasteiger partial charge in [0.2, 0.25) is 0 Å². The molecule has 0 saturated carbocycles. The molecule has 0 aliphatic heterocycles. The molecule has 1 aromatic carbocycles. The monoisotopic (exact) mass is 319 g/mol. The Morgan fingerprint density at radius 1 is 1.21 bits per heavy atom. The van der Waals surface area contributed by atoms with Crippen LogP contribution in [0.15, 0.2) is 49.1 Å². The third-order valence-electron chi connectivity index (χ3n) is 4.25. The molecule has 1 aliphatic carbocycles. The van der Waals surface area contributed by atoms with Crippen LogP contribution in [0.5, 0.6) is 0 Å². The number of aryl methyl sites for hydroxylation is 1. The van der Waals surface area contributed by atoms with Gasteiger partial charge in [0.1, 0.15) is 0 Å². The summed E-state index contributed by atoms with van der Waals surface area (Å²) in [6.45, 7) is 3.84. The molecule has 0 bridgehead atoms. The molecule has 2 aromatic rings. The van der Waals surface area contributed by atoms with Gasteiger partial charge in [0, 0.05) is 29.6 Å². The van der Waals surface area contributed by atoms with Crippen LogP contribution < -0.4 is 5.32 Å². The fraction of sp³-hybridized carbons (Fsp3) is 0.200. The molecule has 0 unspecified atom stereocenters. The van der Waals surface area contributed by atoms with E-state index in [2.05, 4.69) is 16.9 Å². The van der Waals surface area contributed by atoms with Gasteiger partial charge in [-0.25, -0.2) is 0 Å². The summed E-state index contributed by atoms with van der Waals surface area (Å²) in [5.74, 6) is 0.168. The van der Waals surface area contributed by atoms with Crippen LogP contribution in [0.2, 0.25) is 0 Å². The SMILES string of the molecule is C=C/C(=C\C=N)c1[nH]c2c(c1Nc1ccccc1)C(=O)CCCC2. The summed E-state index contributed by atoms with van der Waals surface area (Å²) < 4.78 is 0. The summed E-state index contributed by atoms with van der Waals surface area (Å²) in [4.78, 5) is 16.1. The lowest BCUT2D eigenvalue weighted by molar-refractivity contribution is 0.0983. The Labute approximate surface area is 141 Å². The van der Waals surface area contributed by atoms with Crippen molar-refractivity contribution in [2.75, 3.05) is 5.32 Å². The Kier molecular flexibility index (Phi) is 4.75. The maximum Gasteiger partial charge on any atom is 0.166 e. The van der Waals surface area contributed by atoms with Crippen molar-refractivity contribution in [3.63, 3.8) is 0 Å². The van der Waals surface area contributed by atoms with E-state index in [1.165, 1.54) is 6.21 Å². The number of Topliss-reactive ketones (excluding diaryl/α,β-unsaturated/α-hetero) is 1. The molecule has 3 rings (SSSR count). The van der Waals surface area contributed by atoms with E-state index >= 15 is 0 Å². The Bertz CT molecular complexity index is 800. The predicted molar refractivity (Wildman–Crippen MR) is 99.4 cm³/mol. The van der Waals surface area contributed by atoms with Crippen molar-refractivity contribution in [3.05, 3.63) is 66.0 Å².